The molecule has 0 aliphatic carbocycles. The zero-order chi connectivity index (χ0) is 75.9. The molecule has 4 fully saturated rings. The Morgan fingerprint density at radius 2 is 0.787 bits per heavy atom. The summed E-state index contributed by atoms with van der Waals surface area (Å²) in [7, 11) is 9.53. The number of amides is 3. The molecule has 0 bridgehead atoms. The predicted octanol–water partition coefficient (Wildman–Crippen LogP) is 5.75. The third-order valence-corrected chi connectivity index (χ3v) is 18.2. The molecule has 0 aromatic heterocycles. The molecule has 6 aromatic carbocycles. The minimum absolute atomic E-state index is 0. The normalized spacial score (nSPS) is 16.4. The molecule has 1 N–H and O–H groups in total. The number of likely N-dealkylation sites (tertiary alicyclic amines) is 3. The molecule has 570 valence electrons. The number of cyclic esters (lactones) is 3. The van der Waals surface area contributed by atoms with Crippen LogP contribution in [0.25, 0.3) is 0 Å². The van der Waals surface area contributed by atoms with E-state index in [1.165, 1.54) is 27.7 Å². The number of rotatable bonds is 19. The van der Waals surface area contributed by atoms with Gasteiger partial charge in [-0.05, 0) is 134 Å². The van der Waals surface area contributed by atoms with E-state index >= 15 is 0 Å². The number of carbonyl (C=O) groups is 7. The van der Waals surface area contributed by atoms with Gasteiger partial charge in [-0.2, -0.15) is 12.5 Å². The van der Waals surface area contributed by atoms with Gasteiger partial charge in [0, 0.05) is 70.7 Å². The Morgan fingerprint density at radius 1 is 0.463 bits per heavy atom. The number of ether oxygens (including phenoxy) is 13. The van der Waals surface area contributed by atoms with Gasteiger partial charge >= 0.3 is 94.8 Å². The molecule has 5 aliphatic rings. The second-order valence-electron chi connectivity index (χ2n) is 26.7. The summed E-state index contributed by atoms with van der Waals surface area (Å²) >= 11 is 0. The molecular weight excluding hydrogens is 1480 g/mol. The van der Waals surface area contributed by atoms with Gasteiger partial charge in [0.05, 0.1) is 72.1 Å². The molecule has 11 rings (SSSR count). The van der Waals surface area contributed by atoms with E-state index in [-0.39, 0.29) is 113 Å². The van der Waals surface area contributed by atoms with Crippen molar-refractivity contribution >= 4 is 65.2 Å². The first-order chi connectivity index (χ1) is 50.2. The topological polar surface area (TPSA) is 292 Å². The summed E-state index contributed by atoms with van der Waals surface area (Å²) in [4.78, 5) is 91.2. The van der Waals surface area contributed by atoms with E-state index < -0.39 is 64.4 Å². The fourth-order valence-corrected chi connectivity index (χ4v) is 12.8. The molecule has 0 radical (unpaired) electrons. The molecule has 5 aliphatic heterocycles. The van der Waals surface area contributed by atoms with Crippen molar-refractivity contribution < 1.29 is 152 Å². The van der Waals surface area contributed by atoms with Crippen molar-refractivity contribution in [1.29, 1.82) is 0 Å². The third-order valence-electron chi connectivity index (χ3n) is 18.2. The summed E-state index contributed by atoms with van der Waals surface area (Å²) in [5, 5.41) is 22.7. The molecule has 0 atom stereocenters. The maximum Gasteiger partial charge on any atom is 2.00 e. The van der Waals surface area contributed by atoms with Crippen LogP contribution in [0.4, 0.5) is 14.4 Å². The number of hydrogen-bond donors (Lipinski definition) is 1. The van der Waals surface area contributed by atoms with Gasteiger partial charge in [0.2, 0.25) is 0 Å². The summed E-state index contributed by atoms with van der Waals surface area (Å²) in [6, 6.07) is 44.9. The zero-order valence-corrected chi connectivity index (χ0v) is 68.2. The van der Waals surface area contributed by atoms with Crippen LogP contribution in [0.1, 0.15) is 106 Å². The molecule has 25 nitrogen and oxygen atoms in total. The Balaban J connectivity index is 0.000000270. The first-order valence-electron chi connectivity index (χ1n) is 34.3. The number of benzene rings is 6. The monoisotopic (exact) mass is 1570 g/mol. The van der Waals surface area contributed by atoms with Crippen molar-refractivity contribution in [1.82, 2.24) is 14.7 Å². The second-order valence-corrected chi connectivity index (χ2v) is 26.7. The summed E-state index contributed by atoms with van der Waals surface area (Å²) in [6.07, 6.45) is 2.37. The molecule has 0 saturated carbocycles. The van der Waals surface area contributed by atoms with Gasteiger partial charge in [0.1, 0.15) is 48.4 Å². The van der Waals surface area contributed by atoms with E-state index in [9.17, 15) is 43.8 Å². The van der Waals surface area contributed by atoms with E-state index in [4.69, 9.17) is 61.6 Å². The smallest absolute Gasteiger partial charge is 1.00 e. The van der Waals surface area contributed by atoms with Crippen molar-refractivity contribution in [3.63, 3.8) is 0 Å². The van der Waals surface area contributed by atoms with Crippen LogP contribution in [0.2, 0.25) is 0 Å². The van der Waals surface area contributed by atoms with E-state index in [1.807, 2.05) is 133 Å². The number of aliphatic carboxylic acids is 1. The van der Waals surface area contributed by atoms with Crippen LogP contribution in [-0.2, 0) is 85.0 Å². The Kier molecular flexibility index (Phi) is 34.9. The number of nitrogens with zero attached hydrogens (tertiary/aromatic N) is 3. The number of carboxylic acids is 1. The second kappa shape index (κ2) is 42.1. The first kappa shape index (κ1) is 89.6. The van der Waals surface area contributed by atoms with E-state index in [1.54, 1.807) is 69.5 Å². The van der Waals surface area contributed by atoms with Gasteiger partial charge in [-0.25, -0.2) is 28.8 Å². The largest absolute Gasteiger partial charge is 2.00 e. The Morgan fingerprint density at radius 3 is 1.14 bits per heavy atom. The predicted molar refractivity (Wildman–Crippen MR) is 387 cm³/mol. The van der Waals surface area contributed by atoms with Crippen molar-refractivity contribution in [2.45, 2.75) is 117 Å². The van der Waals surface area contributed by atoms with E-state index in [0.29, 0.717) is 119 Å². The fraction of sp³-hybridized carbons (Fsp3) is 0.400. The fourth-order valence-electron chi connectivity index (χ4n) is 12.8. The van der Waals surface area contributed by atoms with Gasteiger partial charge in [-0.1, -0.05) is 91.0 Å². The maximum atomic E-state index is 13.1. The molecule has 28 heteroatoms. The average molecular weight is 1580 g/mol. The number of halogens is 1. The van der Waals surface area contributed by atoms with Gasteiger partial charge in [0.25, 0.3) is 5.79 Å². The number of carboxylic acid groups (broad SMARTS) is 1. The number of hydrogen-bond acceptors (Lipinski definition) is 21. The minimum atomic E-state index is -1.35. The van der Waals surface area contributed by atoms with Gasteiger partial charge in [0.15, 0.2) is 5.79 Å². The number of esters is 3. The van der Waals surface area contributed by atoms with Gasteiger partial charge in [-0.15, -0.1) is 12.1 Å². The molecule has 4 saturated heterocycles. The number of piperidine rings is 3. The third kappa shape index (κ3) is 26.1. The van der Waals surface area contributed by atoms with Crippen LogP contribution in [-0.4, -0.2) is 179 Å². The maximum absolute atomic E-state index is 13.1. The molecule has 6 aromatic rings. The molecule has 108 heavy (non-hydrogen) atoms. The SMILES string of the molecule is CC1(C)OC(=O)C(=C2CCN(C(=O)OCc3ccccc3)CC2)C(=O)O1.COc1cc(CC2(C3=C([O-])OC(C)(C)OC3=O)CCN(C(=O)OCc3ccccc3)CC2)cc(OC)c1.COc1cc(CC2(CC(=O)O)CCN(C(=O)OCc3ccccc3)CC2)cc(OC)c1.[Br-].[CH2-]c1cc(OC)cc(OC)c1.[Mg+2].[Na+]. The van der Waals surface area contributed by atoms with Crippen LogP contribution in [0.5, 0.6) is 34.5 Å². The average Bonchev–Trinajstić information content (AvgIpc) is 0.757. The van der Waals surface area contributed by atoms with E-state index in [0.717, 1.165) is 44.9 Å². The van der Waals surface area contributed by atoms with Crippen molar-refractivity contribution in [2.75, 3.05) is 81.9 Å². The standard InChI is InChI=1S/C28H33NO8.C24H29NO6.C19H21NO6.C9H11O2.BrH.Mg.Na/c1-27(2)36-24(30)23(25(31)37-27)28(17-20-14-21(33-3)16-22(15-20)34-4)10-12-29(13-11-28)26(32)35-18-19-8-6-5-7-9-19;1-29-20-12-19(13-21(14-20)30-2)15-24(16-22(26)27)8-10-25(11-9-24)23(28)31-17-18-6-4-3-5-7-18;1-19(2)25-16(21)15(17(22)26-19)14-8-10-20(11-9-14)18(23)24-12-13-6-4-3-5-7-13;1-7-4-8(10-2)6-9(5-7)11-3;;;/h5-9,14-16,30H,10-13,17-18H2,1-4H3;3-7,12-14H,8-11,15-17H2,1-2H3,(H,26,27);3-7H,8-12H2,1-2H3;4-6H,1H2,2-3H3;1H;;/q;;;-1;;+2;+1/p-2. The quantitative estimate of drug-likeness (QED) is 0.0252. The zero-order valence-electron chi connectivity index (χ0n) is 63.2. The van der Waals surface area contributed by atoms with Crippen LogP contribution < -0.4 is 80.1 Å². The summed E-state index contributed by atoms with van der Waals surface area (Å²) in [6.45, 7) is 12.7. The van der Waals surface area contributed by atoms with Crippen molar-refractivity contribution in [2.24, 2.45) is 10.8 Å². The van der Waals surface area contributed by atoms with Crippen LogP contribution in [0, 0.1) is 17.8 Å². The minimum Gasteiger partial charge on any atom is -1.00 e. The van der Waals surface area contributed by atoms with Crippen molar-refractivity contribution in [3.8, 4) is 34.5 Å². The Hall–Kier alpha value is -8.99. The summed E-state index contributed by atoms with van der Waals surface area (Å²) in [5.41, 5.74) is 4.61. The summed E-state index contributed by atoms with van der Waals surface area (Å²) in [5.74, 6) is -2.10. The molecule has 0 spiro atoms. The van der Waals surface area contributed by atoms with Crippen LogP contribution in [0.3, 0.4) is 0 Å². The Labute approximate surface area is 679 Å². The van der Waals surface area contributed by atoms with Gasteiger partial charge in [-0.3, -0.25) is 4.79 Å². The molecule has 0 unspecified atom stereocenters. The number of methoxy groups -OCH3 is 6. The van der Waals surface area contributed by atoms with Gasteiger partial charge < -0.3 is 103 Å². The first-order valence-corrected chi connectivity index (χ1v) is 34.3. The molecular formula is C80H93BrMgN3NaO22. The molecule has 3 amide bonds. The summed E-state index contributed by atoms with van der Waals surface area (Å²) < 4.78 is 68.9. The van der Waals surface area contributed by atoms with Crippen LogP contribution in [0.15, 0.2) is 168 Å². The molecule has 5 heterocycles. The van der Waals surface area contributed by atoms with E-state index in [2.05, 4.69) is 6.92 Å². The Bertz CT molecular complexity index is 3950. The van der Waals surface area contributed by atoms with Crippen LogP contribution >= 0.6 is 0 Å². The number of carbonyl (C=O) groups excluding carboxylic acids is 6. The van der Waals surface area contributed by atoms with Crippen molar-refractivity contribution in [3.05, 3.63) is 209 Å².